The summed E-state index contributed by atoms with van der Waals surface area (Å²) in [7, 11) is 0. The zero-order valence-corrected chi connectivity index (χ0v) is 18.1. The number of hydrogen-bond acceptors (Lipinski definition) is 6. The highest BCUT2D eigenvalue weighted by Crippen LogP contribution is 2.31. The van der Waals surface area contributed by atoms with Crippen molar-refractivity contribution in [3.8, 4) is 11.3 Å². The molecule has 4 rings (SSSR count). The van der Waals surface area contributed by atoms with Crippen LogP contribution in [-0.2, 0) is 4.79 Å². The SMILES string of the molecule is CC(=O)N1CCN(c2csc(C(=O)Nc3nc(-c4ccccc4Cl)cs3)c2)CC1. The minimum absolute atomic E-state index is 0.106. The van der Waals surface area contributed by atoms with Crippen LogP contribution in [0.3, 0.4) is 0 Å². The van der Waals surface area contributed by atoms with Crippen molar-refractivity contribution in [3.63, 3.8) is 0 Å². The van der Waals surface area contributed by atoms with Crippen molar-refractivity contribution in [2.45, 2.75) is 6.92 Å². The van der Waals surface area contributed by atoms with Crippen LogP contribution >= 0.6 is 34.3 Å². The van der Waals surface area contributed by atoms with E-state index in [-0.39, 0.29) is 11.8 Å². The lowest BCUT2D eigenvalue weighted by Crippen LogP contribution is -2.48. The van der Waals surface area contributed by atoms with Crippen LogP contribution in [0.25, 0.3) is 11.3 Å². The number of nitrogens with one attached hydrogen (secondary N) is 1. The van der Waals surface area contributed by atoms with E-state index < -0.39 is 0 Å². The molecule has 0 saturated carbocycles. The third kappa shape index (κ3) is 4.44. The van der Waals surface area contributed by atoms with Gasteiger partial charge in [-0.3, -0.25) is 14.9 Å². The Morgan fingerprint density at radius 1 is 1.10 bits per heavy atom. The minimum Gasteiger partial charge on any atom is -0.367 e. The van der Waals surface area contributed by atoms with Crippen LogP contribution < -0.4 is 10.2 Å². The molecule has 0 spiro atoms. The van der Waals surface area contributed by atoms with Gasteiger partial charge in [-0.15, -0.1) is 22.7 Å². The Bertz CT molecular complexity index is 1040. The van der Waals surface area contributed by atoms with Crippen LogP contribution in [0.1, 0.15) is 16.6 Å². The van der Waals surface area contributed by atoms with Crippen molar-refractivity contribution < 1.29 is 9.59 Å². The molecule has 3 heterocycles. The molecule has 2 aromatic heterocycles. The predicted octanol–water partition coefficient (Wildman–Crippen LogP) is 4.45. The Hall–Kier alpha value is -2.42. The second kappa shape index (κ2) is 8.52. The number of nitrogens with zero attached hydrogens (tertiary/aromatic N) is 3. The molecule has 29 heavy (non-hydrogen) atoms. The van der Waals surface area contributed by atoms with Crippen molar-refractivity contribution in [1.29, 1.82) is 0 Å². The fourth-order valence-electron chi connectivity index (χ4n) is 3.17. The first-order valence-electron chi connectivity index (χ1n) is 9.12. The Morgan fingerprint density at radius 2 is 1.86 bits per heavy atom. The number of thiophene rings is 1. The van der Waals surface area contributed by atoms with Gasteiger partial charge in [-0.1, -0.05) is 29.8 Å². The highest BCUT2D eigenvalue weighted by Gasteiger charge is 2.21. The molecule has 1 aliphatic rings. The van der Waals surface area contributed by atoms with Gasteiger partial charge in [0, 0.05) is 60.1 Å². The Labute approximate surface area is 181 Å². The van der Waals surface area contributed by atoms with Gasteiger partial charge in [0.25, 0.3) is 5.91 Å². The molecule has 3 aromatic rings. The molecule has 2 amide bonds. The molecule has 1 saturated heterocycles. The summed E-state index contributed by atoms with van der Waals surface area (Å²) >= 11 is 9.00. The average molecular weight is 447 g/mol. The first kappa shape index (κ1) is 19.9. The number of piperazine rings is 1. The number of carbonyl (C=O) groups excluding carboxylic acids is 2. The van der Waals surface area contributed by atoms with Gasteiger partial charge in [-0.25, -0.2) is 4.98 Å². The third-order valence-corrected chi connectivity index (χ3v) is 6.78. The summed E-state index contributed by atoms with van der Waals surface area (Å²) in [6.45, 7) is 4.54. The lowest BCUT2D eigenvalue weighted by molar-refractivity contribution is -0.129. The van der Waals surface area contributed by atoms with E-state index in [1.165, 1.54) is 22.7 Å². The molecule has 0 radical (unpaired) electrons. The zero-order valence-electron chi connectivity index (χ0n) is 15.7. The fraction of sp³-hybridized carbons (Fsp3) is 0.250. The van der Waals surface area contributed by atoms with E-state index in [4.69, 9.17) is 11.6 Å². The predicted molar refractivity (Wildman–Crippen MR) is 119 cm³/mol. The molecule has 1 aliphatic heterocycles. The fourth-order valence-corrected chi connectivity index (χ4v) is 4.92. The summed E-state index contributed by atoms with van der Waals surface area (Å²) < 4.78 is 0. The molecule has 6 nitrogen and oxygen atoms in total. The van der Waals surface area contributed by atoms with Crippen LogP contribution in [0.4, 0.5) is 10.8 Å². The highest BCUT2D eigenvalue weighted by molar-refractivity contribution is 7.15. The second-order valence-corrected chi connectivity index (χ2v) is 8.81. The summed E-state index contributed by atoms with van der Waals surface area (Å²) in [5, 5.41) is 7.90. The van der Waals surface area contributed by atoms with E-state index in [1.807, 2.05) is 46.0 Å². The Balaban J connectivity index is 1.40. The third-order valence-electron chi connectivity index (χ3n) is 4.77. The number of rotatable bonds is 4. The van der Waals surface area contributed by atoms with E-state index >= 15 is 0 Å². The van der Waals surface area contributed by atoms with E-state index in [0.717, 1.165) is 30.0 Å². The summed E-state index contributed by atoms with van der Waals surface area (Å²) in [5.41, 5.74) is 2.60. The van der Waals surface area contributed by atoms with Gasteiger partial charge < -0.3 is 9.80 Å². The maximum Gasteiger partial charge on any atom is 0.267 e. The van der Waals surface area contributed by atoms with Crippen LogP contribution in [-0.4, -0.2) is 47.9 Å². The number of halogens is 1. The topological polar surface area (TPSA) is 65.5 Å². The molecule has 1 N–H and O–H groups in total. The van der Waals surface area contributed by atoms with Crippen LogP contribution in [0, 0.1) is 0 Å². The lowest BCUT2D eigenvalue weighted by Gasteiger charge is -2.35. The molecule has 0 atom stereocenters. The average Bonchev–Trinajstić information content (AvgIpc) is 3.38. The van der Waals surface area contributed by atoms with Crippen molar-refractivity contribution in [1.82, 2.24) is 9.88 Å². The van der Waals surface area contributed by atoms with Crippen LogP contribution in [0.15, 0.2) is 41.1 Å². The van der Waals surface area contributed by atoms with Gasteiger partial charge in [-0.05, 0) is 12.1 Å². The van der Waals surface area contributed by atoms with Crippen molar-refractivity contribution in [3.05, 3.63) is 51.0 Å². The molecular weight excluding hydrogens is 428 g/mol. The number of benzene rings is 1. The molecule has 150 valence electrons. The summed E-state index contributed by atoms with van der Waals surface area (Å²) in [6.07, 6.45) is 0. The van der Waals surface area contributed by atoms with E-state index in [9.17, 15) is 9.59 Å². The molecule has 1 aromatic carbocycles. The number of carbonyl (C=O) groups is 2. The van der Waals surface area contributed by atoms with Gasteiger partial charge in [0.05, 0.1) is 10.6 Å². The number of hydrogen-bond donors (Lipinski definition) is 1. The van der Waals surface area contributed by atoms with E-state index in [2.05, 4.69) is 15.2 Å². The van der Waals surface area contributed by atoms with Crippen molar-refractivity contribution >= 4 is 56.9 Å². The van der Waals surface area contributed by atoms with Crippen molar-refractivity contribution in [2.24, 2.45) is 0 Å². The first-order valence-corrected chi connectivity index (χ1v) is 11.3. The monoisotopic (exact) mass is 446 g/mol. The number of anilines is 2. The molecule has 1 fully saturated rings. The summed E-state index contributed by atoms with van der Waals surface area (Å²) in [6, 6.07) is 9.39. The maximum atomic E-state index is 12.6. The lowest BCUT2D eigenvalue weighted by atomic mass is 10.2. The van der Waals surface area contributed by atoms with Gasteiger partial charge >= 0.3 is 0 Å². The standard InChI is InChI=1S/C20H19ClN4O2S2/c1-13(26)24-6-8-25(9-7-24)14-10-18(28-11-14)19(27)23-20-22-17(12-29-20)15-4-2-3-5-16(15)21/h2-5,10-12H,6-9H2,1H3,(H,22,23,27). The quantitative estimate of drug-likeness (QED) is 0.643. The maximum absolute atomic E-state index is 12.6. The van der Waals surface area contributed by atoms with E-state index in [0.29, 0.717) is 28.1 Å². The van der Waals surface area contributed by atoms with Gasteiger partial charge in [-0.2, -0.15) is 0 Å². The summed E-state index contributed by atoms with van der Waals surface area (Å²) in [4.78, 5) is 33.3. The molecule has 0 unspecified atom stereocenters. The van der Waals surface area contributed by atoms with Crippen LogP contribution in [0.2, 0.25) is 5.02 Å². The van der Waals surface area contributed by atoms with Crippen LogP contribution in [0.5, 0.6) is 0 Å². The molecule has 0 bridgehead atoms. The van der Waals surface area contributed by atoms with Crippen molar-refractivity contribution in [2.75, 3.05) is 36.4 Å². The Kier molecular flexibility index (Phi) is 5.84. The number of amides is 2. The second-order valence-electron chi connectivity index (χ2n) is 6.63. The smallest absolute Gasteiger partial charge is 0.267 e. The van der Waals surface area contributed by atoms with E-state index in [1.54, 1.807) is 6.92 Å². The molecule has 9 heteroatoms. The van der Waals surface area contributed by atoms with Gasteiger partial charge in [0.1, 0.15) is 0 Å². The molecule has 0 aliphatic carbocycles. The summed E-state index contributed by atoms with van der Waals surface area (Å²) in [5.74, 6) is -0.0710. The first-order chi connectivity index (χ1) is 14.0. The highest BCUT2D eigenvalue weighted by atomic mass is 35.5. The minimum atomic E-state index is -0.177. The number of thiazole rings is 1. The zero-order chi connectivity index (χ0) is 20.4. The largest absolute Gasteiger partial charge is 0.367 e. The van der Waals surface area contributed by atoms with Gasteiger partial charge in [0.15, 0.2) is 5.13 Å². The van der Waals surface area contributed by atoms with Gasteiger partial charge in [0.2, 0.25) is 5.91 Å². The number of aromatic nitrogens is 1. The Morgan fingerprint density at radius 3 is 2.59 bits per heavy atom. The molecular formula is C20H19ClN4O2S2. The normalized spacial score (nSPS) is 14.1.